The molecule has 0 saturated carbocycles. The zero-order valence-corrected chi connectivity index (χ0v) is 11.9. The summed E-state index contributed by atoms with van der Waals surface area (Å²) in [6.45, 7) is 10.3. The molecule has 1 aliphatic rings. The van der Waals surface area contributed by atoms with Gasteiger partial charge in [0.15, 0.2) is 0 Å². The first-order valence-corrected chi connectivity index (χ1v) is 6.88. The van der Waals surface area contributed by atoms with Gasteiger partial charge in [0.1, 0.15) is 0 Å². The lowest BCUT2D eigenvalue weighted by atomic mass is 10.1. The summed E-state index contributed by atoms with van der Waals surface area (Å²) in [5.41, 5.74) is 1.14. The number of nitrogens with zero attached hydrogens (tertiary/aromatic N) is 2. The Hall–Kier alpha value is -0.870. The average Bonchev–Trinajstić information content (AvgIpc) is 2.83. The third-order valence-electron chi connectivity index (χ3n) is 3.33. The molecule has 1 atom stereocenters. The maximum atomic E-state index is 5.98. The van der Waals surface area contributed by atoms with Gasteiger partial charge in [-0.25, -0.2) is 0 Å². The highest BCUT2D eigenvalue weighted by molar-refractivity contribution is 4.99. The lowest BCUT2D eigenvalue weighted by molar-refractivity contribution is -0.0230. The number of hydrogen-bond donors (Lipinski definition) is 1. The number of nitrogens with one attached hydrogen (secondary N) is 1. The quantitative estimate of drug-likeness (QED) is 0.873. The highest BCUT2D eigenvalue weighted by atomic mass is 16.5. The first kappa shape index (κ1) is 13.6. The van der Waals surface area contributed by atoms with Crippen molar-refractivity contribution in [1.82, 2.24) is 15.1 Å². The largest absolute Gasteiger partial charge is 0.370 e. The van der Waals surface area contributed by atoms with Crippen LogP contribution in [0.5, 0.6) is 0 Å². The minimum Gasteiger partial charge on any atom is -0.370 e. The van der Waals surface area contributed by atoms with Crippen LogP contribution in [0.2, 0.25) is 0 Å². The van der Waals surface area contributed by atoms with E-state index in [9.17, 15) is 0 Å². The third-order valence-corrected chi connectivity index (χ3v) is 3.33. The summed E-state index contributed by atoms with van der Waals surface area (Å²) in [5, 5.41) is 7.94. The molecular formula is C14H25N3O. The van der Waals surface area contributed by atoms with Crippen LogP contribution < -0.4 is 5.32 Å². The Morgan fingerprint density at radius 3 is 2.94 bits per heavy atom. The molecule has 0 aliphatic carbocycles. The standard InChI is InChI=1S/C14H25N3O/c1-11(2)15-9-12-6-8-17(16-12)10-13-5-7-14(3,4)18-13/h6,8,11,13,15H,5,7,9-10H2,1-4H3. The normalized spacial score (nSPS) is 22.8. The van der Waals surface area contributed by atoms with Crippen molar-refractivity contribution in [1.29, 1.82) is 0 Å². The number of hydrogen-bond acceptors (Lipinski definition) is 3. The lowest BCUT2D eigenvalue weighted by Crippen LogP contribution is -2.24. The van der Waals surface area contributed by atoms with E-state index in [2.05, 4.69) is 44.2 Å². The molecule has 18 heavy (non-hydrogen) atoms. The number of aromatic nitrogens is 2. The van der Waals surface area contributed by atoms with Gasteiger partial charge >= 0.3 is 0 Å². The van der Waals surface area contributed by atoms with Gasteiger partial charge < -0.3 is 10.1 Å². The van der Waals surface area contributed by atoms with Crippen LogP contribution in [-0.4, -0.2) is 27.5 Å². The van der Waals surface area contributed by atoms with Gasteiger partial charge in [-0.2, -0.15) is 5.10 Å². The first-order valence-electron chi connectivity index (χ1n) is 6.88. The van der Waals surface area contributed by atoms with Crippen LogP contribution in [-0.2, 0) is 17.8 Å². The molecule has 0 radical (unpaired) electrons. The Morgan fingerprint density at radius 1 is 1.56 bits per heavy atom. The minimum atomic E-state index is 0.0415. The predicted octanol–water partition coefficient (Wildman–Crippen LogP) is 2.34. The van der Waals surface area contributed by atoms with Crippen molar-refractivity contribution >= 4 is 0 Å². The first-order chi connectivity index (χ1) is 8.44. The van der Waals surface area contributed by atoms with Crippen LogP contribution in [0, 0.1) is 0 Å². The second-order valence-corrected chi connectivity index (χ2v) is 6.10. The summed E-state index contributed by atoms with van der Waals surface area (Å²) >= 11 is 0. The topological polar surface area (TPSA) is 39.1 Å². The zero-order chi connectivity index (χ0) is 13.2. The van der Waals surface area contributed by atoms with Crippen LogP contribution >= 0.6 is 0 Å². The van der Waals surface area contributed by atoms with Gasteiger partial charge in [-0.1, -0.05) is 13.8 Å². The Bertz CT molecular complexity index is 384. The Kier molecular flexibility index (Phi) is 4.07. The fourth-order valence-electron chi connectivity index (χ4n) is 2.32. The second kappa shape index (κ2) is 5.41. The van der Waals surface area contributed by atoms with E-state index < -0.39 is 0 Å². The molecule has 2 heterocycles. The second-order valence-electron chi connectivity index (χ2n) is 6.10. The summed E-state index contributed by atoms with van der Waals surface area (Å²) in [5.74, 6) is 0. The van der Waals surface area contributed by atoms with Gasteiger partial charge in [-0.3, -0.25) is 4.68 Å². The third kappa shape index (κ3) is 3.82. The maximum absolute atomic E-state index is 5.98. The summed E-state index contributed by atoms with van der Waals surface area (Å²) in [6.07, 6.45) is 4.63. The van der Waals surface area contributed by atoms with E-state index in [-0.39, 0.29) is 5.60 Å². The van der Waals surface area contributed by atoms with E-state index in [4.69, 9.17) is 4.74 Å². The molecule has 4 heteroatoms. The lowest BCUT2D eigenvalue weighted by Gasteiger charge is -2.19. The fraction of sp³-hybridized carbons (Fsp3) is 0.786. The van der Waals surface area contributed by atoms with Gasteiger partial charge in [0, 0.05) is 18.8 Å². The summed E-state index contributed by atoms with van der Waals surface area (Å²) in [7, 11) is 0. The van der Waals surface area contributed by atoms with Crippen LogP contribution in [0.3, 0.4) is 0 Å². The molecule has 1 aliphatic heterocycles. The Labute approximate surface area is 110 Å². The zero-order valence-electron chi connectivity index (χ0n) is 11.9. The molecule has 1 N–H and O–H groups in total. The molecule has 1 saturated heterocycles. The van der Waals surface area contributed by atoms with Crippen molar-refractivity contribution in [2.75, 3.05) is 0 Å². The van der Waals surface area contributed by atoms with Crippen molar-refractivity contribution in [3.63, 3.8) is 0 Å². The van der Waals surface area contributed by atoms with E-state index in [1.54, 1.807) is 0 Å². The summed E-state index contributed by atoms with van der Waals surface area (Å²) in [6, 6.07) is 2.57. The molecule has 0 amide bonds. The molecule has 4 nitrogen and oxygen atoms in total. The highest BCUT2D eigenvalue weighted by Crippen LogP contribution is 2.29. The molecule has 0 bridgehead atoms. The number of ether oxygens (including phenoxy) is 1. The molecular weight excluding hydrogens is 226 g/mol. The monoisotopic (exact) mass is 251 g/mol. The Balaban J connectivity index is 1.83. The highest BCUT2D eigenvalue weighted by Gasteiger charge is 2.31. The van der Waals surface area contributed by atoms with E-state index >= 15 is 0 Å². The molecule has 1 aromatic heterocycles. The van der Waals surface area contributed by atoms with E-state index in [1.807, 2.05) is 10.9 Å². The average molecular weight is 251 g/mol. The van der Waals surface area contributed by atoms with E-state index in [0.29, 0.717) is 12.1 Å². The number of rotatable bonds is 5. The molecule has 1 aromatic rings. The van der Waals surface area contributed by atoms with Gasteiger partial charge in [0.25, 0.3) is 0 Å². The fourth-order valence-corrected chi connectivity index (χ4v) is 2.32. The molecule has 102 valence electrons. The molecule has 2 rings (SSSR count). The molecule has 1 unspecified atom stereocenters. The molecule has 1 fully saturated rings. The molecule has 0 aromatic carbocycles. The van der Waals surface area contributed by atoms with Crippen LogP contribution in [0.15, 0.2) is 12.3 Å². The van der Waals surface area contributed by atoms with Crippen molar-refractivity contribution in [3.8, 4) is 0 Å². The van der Waals surface area contributed by atoms with Crippen LogP contribution in [0.25, 0.3) is 0 Å². The van der Waals surface area contributed by atoms with Gasteiger partial charge in [0.2, 0.25) is 0 Å². The molecule has 0 spiro atoms. The van der Waals surface area contributed by atoms with Crippen LogP contribution in [0.1, 0.15) is 46.2 Å². The smallest absolute Gasteiger partial charge is 0.0779 e. The van der Waals surface area contributed by atoms with Crippen LogP contribution in [0.4, 0.5) is 0 Å². The van der Waals surface area contributed by atoms with Crippen molar-refractivity contribution < 1.29 is 4.74 Å². The SMILES string of the molecule is CC(C)NCc1ccn(CC2CCC(C)(C)O2)n1. The predicted molar refractivity (Wildman–Crippen MR) is 72.4 cm³/mol. The van der Waals surface area contributed by atoms with E-state index in [0.717, 1.165) is 31.6 Å². The van der Waals surface area contributed by atoms with E-state index in [1.165, 1.54) is 0 Å². The van der Waals surface area contributed by atoms with Crippen molar-refractivity contribution in [2.24, 2.45) is 0 Å². The summed E-state index contributed by atoms with van der Waals surface area (Å²) < 4.78 is 7.99. The Morgan fingerprint density at radius 2 is 2.33 bits per heavy atom. The maximum Gasteiger partial charge on any atom is 0.0779 e. The minimum absolute atomic E-state index is 0.0415. The van der Waals surface area contributed by atoms with Gasteiger partial charge in [-0.05, 0) is 32.8 Å². The summed E-state index contributed by atoms with van der Waals surface area (Å²) in [4.78, 5) is 0. The van der Waals surface area contributed by atoms with Crippen molar-refractivity contribution in [2.45, 2.75) is 71.4 Å². The van der Waals surface area contributed by atoms with Crippen molar-refractivity contribution in [3.05, 3.63) is 18.0 Å². The van der Waals surface area contributed by atoms with Gasteiger partial charge in [0.05, 0.1) is 23.9 Å². The van der Waals surface area contributed by atoms with Gasteiger partial charge in [-0.15, -0.1) is 0 Å².